The van der Waals surface area contributed by atoms with Crippen molar-refractivity contribution in [1.29, 1.82) is 5.26 Å². The number of halogens is 3. The Balaban J connectivity index is 1.01. The van der Waals surface area contributed by atoms with Gasteiger partial charge in [-0.25, -0.2) is 9.97 Å². The van der Waals surface area contributed by atoms with Gasteiger partial charge in [0, 0.05) is 54.1 Å². The predicted octanol–water partition coefficient (Wildman–Crippen LogP) is 5.82. The number of piperidine rings is 1. The van der Waals surface area contributed by atoms with Crippen LogP contribution in [-0.2, 0) is 26.6 Å². The molecule has 0 aliphatic carbocycles. The van der Waals surface area contributed by atoms with Crippen molar-refractivity contribution in [1.82, 2.24) is 29.2 Å². The summed E-state index contributed by atoms with van der Waals surface area (Å²) in [7, 11) is 1.89. The zero-order valence-corrected chi connectivity index (χ0v) is 24.8. The van der Waals surface area contributed by atoms with E-state index in [9.17, 15) is 18.4 Å². The van der Waals surface area contributed by atoms with Gasteiger partial charge in [0.15, 0.2) is 0 Å². The van der Waals surface area contributed by atoms with E-state index in [1.807, 2.05) is 29.9 Å². The Morgan fingerprint density at radius 1 is 1.05 bits per heavy atom. The number of nitrogens with zero attached hydrogens (tertiary/aromatic N) is 8. The van der Waals surface area contributed by atoms with Crippen LogP contribution in [0.3, 0.4) is 0 Å². The molecule has 2 fully saturated rings. The Kier molecular flexibility index (Phi) is 6.70. The molecule has 5 aromatic rings. The summed E-state index contributed by atoms with van der Waals surface area (Å²) in [6, 6.07) is 12.3. The number of alkyl halides is 3. The van der Waals surface area contributed by atoms with Crippen LogP contribution in [0.1, 0.15) is 40.2 Å². The molecule has 1 aromatic carbocycles. The Morgan fingerprint density at radius 3 is 2.53 bits per heavy atom. The third kappa shape index (κ3) is 5.25. The SMILES string of the molecule is Cc1c(CN2CCC3(CC2)CN(c2ncnc4sc(CC(F)(F)F)cc24)C3)ccc2c1cc(C#N)n2Cc1ccn(C)n1. The molecule has 2 aliphatic heterocycles. The number of thiophene rings is 1. The third-order valence-corrected chi connectivity index (χ3v) is 10.1. The topological polar surface area (TPSA) is 78.8 Å². The van der Waals surface area contributed by atoms with Crippen LogP contribution in [0, 0.1) is 23.7 Å². The third-order valence-electron chi connectivity index (χ3n) is 9.07. The zero-order valence-electron chi connectivity index (χ0n) is 24.0. The molecule has 2 saturated heterocycles. The maximum absolute atomic E-state index is 13.0. The molecule has 222 valence electrons. The van der Waals surface area contributed by atoms with E-state index in [-0.39, 0.29) is 10.3 Å². The maximum atomic E-state index is 13.0. The van der Waals surface area contributed by atoms with E-state index < -0.39 is 12.6 Å². The first-order valence-corrected chi connectivity index (χ1v) is 15.2. The van der Waals surface area contributed by atoms with Gasteiger partial charge in [0.2, 0.25) is 0 Å². The minimum absolute atomic E-state index is 0.210. The average Bonchev–Trinajstić information content (AvgIpc) is 3.65. The van der Waals surface area contributed by atoms with E-state index in [1.54, 1.807) is 10.7 Å². The molecule has 0 N–H and O–H groups in total. The number of hydrogen-bond acceptors (Lipinski definition) is 7. The van der Waals surface area contributed by atoms with Crippen LogP contribution in [0.25, 0.3) is 21.1 Å². The number of likely N-dealkylation sites (tertiary alicyclic amines) is 1. The number of hydrogen-bond donors (Lipinski definition) is 0. The minimum atomic E-state index is -4.24. The summed E-state index contributed by atoms with van der Waals surface area (Å²) in [6.07, 6.45) is 0.344. The molecule has 0 atom stereocenters. The van der Waals surface area contributed by atoms with Crippen LogP contribution in [-0.4, -0.2) is 61.6 Å². The summed E-state index contributed by atoms with van der Waals surface area (Å²) in [6.45, 7) is 7.27. The van der Waals surface area contributed by atoms with Crippen molar-refractivity contribution in [3.8, 4) is 6.07 Å². The molecule has 6 heterocycles. The Labute approximate surface area is 251 Å². The molecule has 0 amide bonds. The first-order valence-electron chi connectivity index (χ1n) is 14.4. The number of rotatable bonds is 6. The monoisotopic (exact) mass is 604 g/mol. The van der Waals surface area contributed by atoms with E-state index >= 15 is 0 Å². The number of nitriles is 1. The lowest BCUT2D eigenvalue weighted by atomic mass is 9.72. The lowest BCUT2D eigenvalue weighted by Crippen LogP contribution is -2.60. The molecular weight excluding hydrogens is 573 g/mol. The van der Waals surface area contributed by atoms with Crippen molar-refractivity contribution >= 4 is 38.3 Å². The second-order valence-corrected chi connectivity index (χ2v) is 13.2. The molecule has 2 aliphatic rings. The van der Waals surface area contributed by atoms with Gasteiger partial charge in [-0.2, -0.15) is 23.5 Å². The maximum Gasteiger partial charge on any atom is 0.393 e. The van der Waals surface area contributed by atoms with Crippen LogP contribution < -0.4 is 4.90 Å². The zero-order chi connectivity index (χ0) is 29.9. The minimum Gasteiger partial charge on any atom is -0.355 e. The van der Waals surface area contributed by atoms with Crippen LogP contribution in [0.15, 0.2) is 42.9 Å². The number of fused-ring (bicyclic) bond motifs is 2. The molecular formula is C31H31F3N8S. The molecule has 0 radical (unpaired) electrons. The van der Waals surface area contributed by atoms with Gasteiger partial charge in [0.1, 0.15) is 28.7 Å². The quantitative estimate of drug-likeness (QED) is 0.243. The fourth-order valence-corrected chi connectivity index (χ4v) is 7.77. The lowest BCUT2D eigenvalue weighted by Gasteiger charge is -2.54. The van der Waals surface area contributed by atoms with E-state index in [0.717, 1.165) is 84.7 Å². The smallest absolute Gasteiger partial charge is 0.355 e. The summed E-state index contributed by atoms with van der Waals surface area (Å²) in [5.41, 5.74) is 5.29. The average molecular weight is 605 g/mol. The first-order chi connectivity index (χ1) is 20.6. The Bertz CT molecular complexity index is 1860. The summed E-state index contributed by atoms with van der Waals surface area (Å²) < 4.78 is 42.7. The van der Waals surface area contributed by atoms with E-state index in [4.69, 9.17) is 0 Å². The van der Waals surface area contributed by atoms with Crippen molar-refractivity contribution in [2.75, 3.05) is 31.1 Å². The van der Waals surface area contributed by atoms with Crippen molar-refractivity contribution in [3.05, 3.63) is 70.2 Å². The van der Waals surface area contributed by atoms with E-state index in [0.29, 0.717) is 17.1 Å². The highest BCUT2D eigenvalue weighted by Gasteiger charge is 2.46. The van der Waals surface area contributed by atoms with Crippen LogP contribution in [0.5, 0.6) is 0 Å². The molecule has 0 unspecified atom stereocenters. The highest BCUT2D eigenvalue weighted by Crippen LogP contribution is 2.45. The number of aromatic nitrogens is 5. The first kappa shape index (κ1) is 27.9. The Hall–Kier alpha value is -3.95. The summed E-state index contributed by atoms with van der Waals surface area (Å²) in [4.78, 5) is 14.3. The van der Waals surface area contributed by atoms with Crippen molar-refractivity contribution < 1.29 is 13.2 Å². The van der Waals surface area contributed by atoms with Gasteiger partial charge >= 0.3 is 6.18 Å². The molecule has 8 nitrogen and oxygen atoms in total. The van der Waals surface area contributed by atoms with Crippen LogP contribution in [0.2, 0.25) is 0 Å². The molecule has 0 saturated carbocycles. The van der Waals surface area contributed by atoms with Gasteiger partial charge in [0.05, 0.1) is 24.0 Å². The normalized spacial score (nSPS) is 17.2. The molecule has 12 heteroatoms. The standard InChI is InChI=1S/C31H31F3N8S/c1-20-21(3-4-27-25(20)11-23(14-35)42(27)16-22-5-8-39(2)38-22)15-40-9-6-30(7-10-40)17-41(18-30)28-26-12-24(13-31(32,33)34)43-29(26)37-19-36-28/h3-5,8,11-12,19H,6-7,9-10,13,15-18H2,1-2H3. The number of benzene rings is 1. The lowest BCUT2D eigenvalue weighted by molar-refractivity contribution is -0.126. The van der Waals surface area contributed by atoms with Crippen molar-refractivity contribution in [3.63, 3.8) is 0 Å². The number of anilines is 1. The van der Waals surface area contributed by atoms with Crippen molar-refractivity contribution in [2.45, 2.75) is 45.5 Å². The van der Waals surface area contributed by atoms with Gasteiger partial charge < -0.3 is 9.47 Å². The van der Waals surface area contributed by atoms with Crippen LogP contribution in [0.4, 0.5) is 19.0 Å². The van der Waals surface area contributed by atoms with Gasteiger partial charge in [-0.1, -0.05) is 6.07 Å². The largest absolute Gasteiger partial charge is 0.393 e. The van der Waals surface area contributed by atoms with Gasteiger partial charge in [-0.15, -0.1) is 11.3 Å². The highest BCUT2D eigenvalue weighted by molar-refractivity contribution is 7.18. The summed E-state index contributed by atoms with van der Waals surface area (Å²) in [5.74, 6) is 0.748. The number of aryl methyl sites for hydroxylation is 2. The fraction of sp³-hybridized carbons (Fsp3) is 0.419. The van der Waals surface area contributed by atoms with E-state index in [2.05, 4.69) is 50.0 Å². The summed E-state index contributed by atoms with van der Waals surface area (Å²) in [5, 5.41) is 16.1. The van der Waals surface area contributed by atoms with Gasteiger partial charge in [-0.05, 0) is 68.2 Å². The molecule has 0 bridgehead atoms. The second kappa shape index (κ2) is 10.3. The molecule has 4 aromatic heterocycles. The predicted molar refractivity (Wildman–Crippen MR) is 160 cm³/mol. The van der Waals surface area contributed by atoms with Crippen molar-refractivity contribution in [2.24, 2.45) is 12.5 Å². The van der Waals surface area contributed by atoms with Gasteiger partial charge in [-0.3, -0.25) is 9.58 Å². The van der Waals surface area contributed by atoms with Crippen LogP contribution >= 0.6 is 11.3 Å². The fourth-order valence-electron chi connectivity index (χ4n) is 6.75. The molecule has 1 spiro atoms. The van der Waals surface area contributed by atoms with Gasteiger partial charge in [0.25, 0.3) is 0 Å². The summed E-state index contributed by atoms with van der Waals surface area (Å²) >= 11 is 1.10. The highest BCUT2D eigenvalue weighted by atomic mass is 32.1. The molecule has 7 rings (SSSR count). The molecule has 43 heavy (non-hydrogen) atoms. The Morgan fingerprint density at radius 2 is 1.84 bits per heavy atom. The second-order valence-electron chi connectivity index (χ2n) is 12.0. The van der Waals surface area contributed by atoms with E-state index in [1.165, 1.54) is 17.5 Å².